The quantitative estimate of drug-likeness (QED) is 0.452. The normalized spacial score (nSPS) is 9.43. The van der Waals surface area contributed by atoms with Gasteiger partial charge in [-0.1, -0.05) is 0 Å². The molecule has 0 aliphatic carbocycles. The minimum atomic E-state index is 0.836. The number of hydrogen-bond donors (Lipinski definition) is 0. The second kappa shape index (κ2) is 1.33. The van der Waals surface area contributed by atoms with Gasteiger partial charge in [-0.05, 0) is 6.92 Å². The summed E-state index contributed by atoms with van der Waals surface area (Å²) in [6.45, 7) is 1.85. The molecule has 0 saturated heterocycles. The fourth-order valence-electron chi connectivity index (χ4n) is 0.407. The molecule has 0 spiro atoms. The fraction of sp³-hybridized carbons (Fsp3) is 0.500. The van der Waals surface area contributed by atoms with Crippen molar-refractivity contribution in [2.45, 2.75) is 6.92 Å². The Bertz CT molecular complexity index is 139. The topological polar surface area (TPSA) is 30.7 Å². The predicted octanol–water partition coefficient (Wildman–Crippen LogP) is -0.0763. The average molecular weight is 96.1 g/mol. The van der Waals surface area contributed by atoms with Gasteiger partial charge in [-0.3, -0.25) is 0 Å². The van der Waals surface area contributed by atoms with E-state index in [1.807, 2.05) is 6.92 Å². The third-order valence-electron chi connectivity index (χ3n) is 0.651. The molecule has 3 nitrogen and oxygen atoms in total. The molecule has 0 N–H and O–H groups in total. The summed E-state index contributed by atoms with van der Waals surface area (Å²) in [5, 5.41) is 7.56. The zero-order valence-corrected chi connectivity index (χ0v) is 4.34. The average Bonchev–Trinajstić information content (AvgIpc) is 1.87. The van der Waals surface area contributed by atoms with Crippen molar-refractivity contribution in [2.24, 2.45) is 7.05 Å². The van der Waals surface area contributed by atoms with Crippen molar-refractivity contribution >= 4 is 0 Å². The van der Waals surface area contributed by atoms with Crippen LogP contribution in [0.15, 0.2) is 0 Å². The van der Waals surface area contributed by atoms with Gasteiger partial charge in [0.05, 0.1) is 5.69 Å². The lowest BCUT2D eigenvalue weighted by molar-refractivity contribution is 0.648. The van der Waals surface area contributed by atoms with Crippen LogP contribution in [0.25, 0.3) is 0 Å². The van der Waals surface area contributed by atoms with E-state index in [2.05, 4.69) is 16.4 Å². The summed E-state index contributed by atoms with van der Waals surface area (Å²) in [6, 6.07) is 0. The standard InChI is InChI=1S/C4H6N3/c1-4-3-5-7(2)6-4/h1-2H3. The molecule has 0 aromatic carbocycles. The maximum Gasteiger partial charge on any atom is 0.138 e. The van der Waals surface area contributed by atoms with Crippen molar-refractivity contribution in [1.82, 2.24) is 15.0 Å². The number of nitrogens with zero attached hydrogens (tertiary/aromatic N) is 3. The molecule has 0 saturated carbocycles. The van der Waals surface area contributed by atoms with E-state index in [0.717, 1.165) is 5.69 Å². The summed E-state index contributed by atoms with van der Waals surface area (Å²) in [4.78, 5) is 1.48. The van der Waals surface area contributed by atoms with E-state index in [1.165, 1.54) is 4.80 Å². The summed E-state index contributed by atoms with van der Waals surface area (Å²) < 4.78 is 0. The van der Waals surface area contributed by atoms with Gasteiger partial charge in [0.15, 0.2) is 0 Å². The Kier molecular flexibility index (Phi) is 0.817. The first kappa shape index (κ1) is 4.30. The molecule has 0 fully saturated rings. The molecule has 7 heavy (non-hydrogen) atoms. The Balaban J connectivity index is 3.04. The van der Waals surface area contributed by atoms with Crippen LogP contribution in [0.4, 0.5) is 0 Å². The Morgan fingerprint density at radius 3 is 2.57 bits per heavy atom. The molecular weight excluding hydrogens is 90.1 g/mol. The molecule has 0 aliphatic heterocycles. The van der Waals surface area contributed by atoms with Gasteiger partial charge in [0.25, 0.3) is 0 Å². The fourth-order valence-corrected chi connectivity index (χ4v) is 0.407. The first-order valence-electron chi connectivity index (χ1n) is 2.04. The summed E-state index contributed by atoms with van der Waals surface area (Å²) in [5.74, 6) is 0. The molecule has 0 aliphatic rings. The molecule has 1 aromatic heterocycles. The zero-order valence-electron chi connectivity index (χ0n) is 4.34. The molecule has 1 heterocycles. The van der Waals surface area contributed by atoms with Crippen LogP contribution in [0.3, 0.4) is 0 Å². The lowest BCUT2D eigenvalue weighted by Gasteiger charge is -1.76. The Labute approximate surface area is 42.0 Å². The van der Waals surface area contributed by atoms with Crippen LogP contribution < -0.4 is 0 Å². The highest BCUT2D eigenvalue weighted by Gasteiger charge is 1.84. The van der Waals surface area contributed by atoms with Crippen molar-refractivity contribution in [3.05, 3.63) is 11.9 Å². The SMILES string of the molecule is Cc1[c]nn(C)n1. The van der Waals surface area contributed by atoms with Gasteiger partial charge in [0, 0.05) is 7.05 Å². The molecule has 1 radical (unpaired) electrons. The zero-order chi connectivity index (χ0) is 5.28. The summed E-state index contributed by atoms with van der Waals surface area (Å²) >= 11 is 0. The number of hydrogen-bond acceptors (Lipinski definition) is 2. The van der Waals surface area contributed by atoms with Crippen LogP contribution in [-0.2, 0) is 7.05 Å². The van der Waals surface area contributed by atoms with Crippen LogP contribution in [0, 0.1) is 13.1 Å². The Hall–Kier alpha value is -0.860. The van der Waals surface area contributed by atoms with Gasteiger partial charge in [-0.15, -0.1) is 0 Å². The lowest BCUT2D eigenvalue weighted by Crippen LogP contribution is -1.91. The largest absolute Gasteiger partial charge is 0.187 e. The van der Waals surface area contributed by atoms with Gasteiger partial charge in [0.2, 0.25) is 0 Å². The molecule has 0 amide bonds. The van der Waals surface area contributed by atoms with Gasteiger partial charge in [0.1, 0.15) is 6.20 Å². The van der Waals surface area contributed by atoms with E-state index in [-0.39, 0.29) is 0 Å². The molecule has 37 valence electrons. The van der Waals surface area contributed by atoms with E-state index < -0.39 is 0 Å². The van der Waals surface area contributed by atoms with Crippen molar-refractivity contribution in [1.29, 1.82) is 0 Å². The smallest absolute Gasteiger partial charge is 0.138 e. The summed E-state index contributed by atoms with van der Waals surface area (Å²) in [7, 11) is 1.77. The van der Waals surface area contributed by atoms with Crippen LogP contribution >= 0.6 is 0 Å². The summed E-state index contributed by atoms with van der Waals surface area (Å²) in [6.07, 6.45) is 2.67. The predicted molar refractivity (Wildman–Crippen MR) is 24.6 cm³/mol. The highest BCUT2D eigenvalue weighted by Crippen LogP contribution is 1.80. The summed E-state index contributed by atoms with van der Waals surface area (Å²) in [5.41, 5.74) is 0.836. The minimum Gasteiger partial charge on any atom is -0.187 e. The van der Waals surface area contributed by atoms with Crippen molar-refractivity contribution in [3.8, 4) is 0 Å². The molecule has 0 bridgehead atoms. The molecule has 3 heteroatoms. The van der Waals surface area contributed by atoms with E-state index in [0.29, 0.717) is 0 Å². The van der Waals surface area contributed by atoms with E-state index in [1.54, 1.807) is 7.05 Å². The molecule has 0 atom stereocenters. The first-order valence-corrected chi connectivity index (χ1v) is 2.04. The molecule has 1 rings (SSSR count). The maximum atomic E-state index is 3.86. The van der Waals surface area contributed by atoms with Crippen LogP contribution in [0.2, 0.25) is 0 Å². The number of aromatic nitrogens is 3. The van der Waals surface area contributed by atoms with E-state index in [9.17, 15) is 0 Å². The van der Waals surface area contributed by atoms with Gasteiger partial charge in [-0.25, -0.2) is 0 Å². The molecular formula is C4H6N3. The van der Waals surface area contributed by atoms with Crippen molar-refractivity contribution in [3.63, 3.8) is 0 Å². The third-order valence-corrected chi connectivity index (χ3v) is 0.651. The van der Waals surface area contributed by atoms with Gasteiger partial charge < -0.3 is 0 Å². The Morgan fingerprint density at radius 1 is 1.71 bits per heavy atom. The van der Waals surface area contributed by atoms with E-state index in [4.69, 9.17) is 0 Å². The molecule has 1 aromatic rings. The van der Waals surface area contributed by atoms with Gasteiger partial charge in [-0.2, -0.15) is 15.0 Å². The second-order valence-electron chi connectivity index (χ2n) is 1.39. The van der Waals surface area contributed by atoms with Crippen LogP contribution in [0.1, 0.15) is 5.69 Å². The number of rotatable bonds is 0. The first-order chi connectivity index (χ1) is 3.29. The highest BCUT2D eigenvalue weighted by atomic mass is 15.4. The van der Waals surface area contributed by atoms with Crippen molar-refractivity contribution < 1.29 is 0 Å². The van der Waals surface area contributed by atoms with Crippen LogP contribution in [-0.4, -0.2) is 15.0 Å². The molecule has 0 unspecified atom stereocenters. The van der Waals surface area contributed by atoms with Crippen LogP contribution in [0.5, 0.6) is 0 Å². The third kappa shape index (κ3) is 0.765. The van der Waals surface area contributed by atoms with Crippen molar-refractivity contribution in [2.75, 3.05) is 0 Å². The van der Waals surface area contributed by atoms with E-state index >= 15 is 0 Å². The minimum absolute atomic E-state index is 0.836. The Morgan fingerprint density at radius 2 is 2.43 bits per heavy atom. The highest BCUT2D eigenvalue weighted by molar-refractivity contribution is 4.81. The van der Waals surface area contributed by atoms with Gasteiger partial charge >= 0.3 is 0 Å². The second-order valence-corrected chi connectivity index (χ2v) is 1.39. The monoisotopic (exact) mass is 96.1 g/mol. The maximum absolute atomic E-state index is 3.86. The number of aryl methyl sites for hydroxylation is 2. The lowest BCUT2D eigenvalue weighted by atomic mass is 10.6.